The van der Waals surface area contributed by atoms with Gasteiger partial charge in [-0.05, 0) is 50.1 Å². The van der Waals surface area contributed by atoms with Crippen molar-refractivity contribution in [3.05, 3.63) is 46.5 Å². The second kappa shape index (κ2) is 8.25. The lowest BCUT2D eigenvalue weighted by Gasteiger charge is -2.25. The van der Waals surface area contributed by atoms with Gasteiger partial charge in [-0.1, -0.05) is 17.7 Å². The lowest BCUT2D eigenvalue weighted by atomic mass is 10.1. The SMILES string of the molecule is Cc1ccc(NC(=O)CN(C)S(=O)(=O)c2cc3c(cc2C)NC(=O)C(C)O3)cc1Cl. The third-order valence-corrected chi connectivity index (χ3v) is 7.07. The first-order chi connectivity index (χ1) is 14.0. The molecule has 160 valence electrons. The van der Waals surface area contributed by atoms with Crippen LogP contribution in [0.2, 0.25) is 5.02 Å². The number of carbonyl (C=O) groups is 2. The zero-order valence-corrected chi connectivity index (χ0v) is 18.5. The predicted octanol–water partition coefficient (Wildman–Crippen LogP) is 2.94. The Morgan fingerprint density at radius 3 is 2.60 bits per heavy atom. The van der Waals surface area contributed by atoms with Crippen LogP contribution in [0.25, 0.3) is 0 Å². The molecule has 1 aliphatic rings. The van der Waals surface area contributed by atoms with Crippen LogP contribution in [0.15, 0.2) is 35.2 Å². The first kappa shape index (κ1) is 22.1. The number of halogens is 1. The molecule has 2 aromatic rings. The largest absolute Gasteiger partial charge is 0.479 e. The highest BCUT2D eigenvalue weighted by molar-refractivity contribution is 7.89. The van der Waals surface area contributed by atoms with Gasteiger partial charge in [-0.3, -0.25) is 9.59 Å². The van der Waals surface area contributed by atoms with Gasteiger partial charge in [0.15, 0.2) is 6.10 Å². The predicted molar refractivity (Wildman–Crippen MR) is 115 cm³/mol. The lowest BCUT2D eigenvalue weighted by Crippen LogP contribution is -2.36. The second-order valence-electron chi connectivity index (χ2n) is 7.14. The van der Waals surface area contributed by atoms with Gasteiger partial charge in [0.05, 0.1) is 17.1 Å². The molecule has 30 heavy (non-hydrogen) atoms. The average Bonchev–Trinajstić information content (AvgIpc) is 2.65. The van der Waals surface area contributed by atoms with Gasteiger partial charge in [-0.15, -0.1) is 0 Å². The van der Waals surface area contributed by atoms with E-state index in [-0.39, 0.29) is 16.6 Å². The smallest absolute Gasteiger partial charge is 0.265 e. The number of ether oxygens (including phenoxy) is 1. The summed E-state index contributed by atoms with van der Waals surface area (Å²) in [5, 5.41) is 5.82. The first-order valence-corrected chi connectivity index (χ1v) is 11.0. The molecule has 3 rings (SSSR count). The Morgan fingerprint density at radius 1 is 1.23 bits per heavy atom. The molecule has 0 fully saturated rings. The van der Waals surface area contributed by atoms with E-state index in [1.54, 1.807) is 32.0 Å². The van der Waals surface area contributed by atoms with Crippen LogP contribution in [-0.2, 0) is 19.6 Å². The van der Waals surface area contributed by atoms with Gasteiger partial charge in [0.25, 0.3) is 5.91 Å². The monoisotopic (exact) mass is 451 g/mol. The van der Waals surface area contributed by atoms with E-state index in [2.05, 4.69) is 10.6 Å². The quantitative estimate of drug-likeness (QED) is 0.727. The number of rotatable bonds is 5. The normalized spacial score (nSPS) is 15.9. The molecule has 0 aliphatic carbocycles. The summed E-state index contributed by atoms with van der Waals surface area (Å²) in [7, 11) is -2.66. The first-order valence-electron chi connectivity index (χ1n) is 9.13. The van der Waals surface area contributed by atoms with Crippen LogP contribution in [0, 0.1) is 13.8 Å². The summed E-state index contributed by atoms with van der Waals surface area (Å²) < 4.78 is 32.6. The number of fused-ring (bicyclic) bond motifs is 1. The zero-order chi connectivity index (χ0) is 22.2. The fourth-order valence-electron chi connectivity index (χ4n) is 2.95. The summed E-state index contributed by atoms with van der Waals surface area (Å²) >= 11 is 6.05. The van der Waals surface area contributed by atoms with Crippen molar-refractivity contribution in [1.29, 1.82) is 0 Å². The Morgan fingerprint density at radius 2 is 1.93 bits per heavy atom. The Kier molecular flexibility index (Phi) is 6.07. The molecule has 0 radical (unpaired) electrons. The molecule has 1 atom stereocenters. The molecular weight excluding hydrogens is 430 g/mol. The van der Waals surface area contributed by atoms with Gasteiger partial charge < -0.3 is 15.4 Å². The lowest BCUT2D eigenvalue weighted by molar-refractivity contribution is -0.122. The molecule has 0 saturated heterocycles. The highest BCUT2D eigenvalue weighted by Crippen LogP contribution is 2.35. The molecule has 0 spiro atoms. The van der Waals surface area contributed by atoms with Crippen LogP contribution in [0.1, 0.15) is 18.1 Å². The van der Waals surface area contributed by atoms with Crippen molar-refractivity contribution in [2.45, 2.75) is 31.8 Å². The molecule has 1 heterocycles. The molecule has 2 N–H and O–H groups in total. The molecule has 0 bridgehead atoms. The third kappa shape index (κ3) is 4.43. The maximum atomic E-state index is 13.1. The molecule has 0 saturated carbocycles. The second-order valence-corrected chi connectivity index (χ2v) is 9.56. The van der Waals surface area contributed by atoms with E-state index in [0.29, 0.717) is 22.0 Å². The van der Waals surface area contributed by atoms with E-state index in [1.807, 2.05) is 6.92 Å². The molecule has 0 aromatic heterocycles. The standard InChI is InChI=1S/C20H22ClN3O5S/c1-11-5-6-14(8-15(11)21)22-19(25)10-24(4)30(27,28)18-9-17-16(7-12(18)2)23-20(26)13(3)29-17/h5-9,13H,10H2,1-4H3,(H,22,25)(H,23,26). The fraction of sp³-hybridized carbons (Fsp3) is 0.300. The molecule has 8 nitrogen and oxygen atoms in total. The minimum absolute atomic E-state index is 0.00159. The maximum Gasteiger partial charge on any atom is 0.265 e. The number of nitrogens with zero attached hydrogens (tertiary/aromatic N) is 1. The maximum absolute atomic E-state index is 13.1. The van der Waals surface area contributed by atoms with E-state index < -0.39 is 28.6 Å². The fourth-order valence-corrected chi connectivity index (χ4v) is 4.47. The van der Waals surface area contributed by atoms with Crippen molar-refractivity contribution in [2.24, 2.45) is 0 Å². The Labute approximate surface area is 180 Å². The Balaban J connectivity index is 1.79. The summed E-state index contributed by atoms with van der Waals surface area (Å²) in [4.78, 5) is 24.1. The number of hydrogen-bond acceptors (Lipinski definition) is 5. The van der Waals surface area contributed by atoms with Gasteiger partial charge in [-0.2, -0.15) is 4.31 Å². The number of anilines is 2. The number of amides is 2. The van der Waals surface area contributed by atoms with E-state index in [9.17, 15) is 18.0 Å². The summed E-state index contributed by atoms with van der Waals surface area (Å²) in [6, 6.07) is 7.95. The van der Waals surface area contributed by atoms with Crippen molar-refractivity contribution in [2.75, 3.05) is 24.2 Å². The van der Waals surface area contributed by atoms with Gasteiger partial charge >= 0.3 is 0 Å². The van der Waals surface area contributed by atoms with Crippen LogP contribution in [-0.4, -0.2) is 44.2 Å². The van der Waals surface area contributed by atoms with Crippen molar-refractivity contribution >= 4 is 44.8 Å². The van der Waals surface area contributed by atoms with Crippen LogP contribution in [0.4, 0.5) is 11.4 Å². The number of nitrogens with one attached hydrogen (secondary N) is 2. The topological polar surface area (TPSA) is 105 Å². The number of hydrogen-bond donors (Lipinski definition) is 2. The van der Waals surface area contributed by atoms with E-state index in [1.165, 1.54) is 19.2 Å². The molecule has 1 aliphatic heterocycles. The van der Waals surface area contributed by atoms with Crippen molar-refractivity contribution < 1.29 is 22.7 Å². The van der Waals surface area contributed by atoms with Gasteiger partial charge in [-0.25, -0.2) is 8.42 Å². The number of sulfonamides is 1. The van der Waals surface area contributed by atoms with E-state index in [0.717, 1.165) is 9.87 Å². The average molecular weight is 452 g/mol. The zero-order valence-electron chi connectivity index (χ0n) is 16.9. The van der Waals surface area contributed by atoms with Crippen molar-refractivity contribution in [1.82, 2.24) is 4.31 Å². The van der Waals surface area contributed by atoms with Crippen LogP contribution >= 0.6 is 11.6 Å². The van der Waals surface area contributed by atoms with Gasteiger partial charge in [0.2, 0.25) is 15.9 Å². The van der Waals surface area contributed by atoms with E-state index >= 15 is 0 Å². The molecule has 2 aromatic carbocycles. The highest BCUT2D eigenvalue weighted by atomic mass is 35.5. The molecule has 1 unspecified atom stereocenters. The summed E-state index contributed by atoms with van der Waals surface area (Å²) in [6.07, 6.45) is -0.736. The molecular formula is C20H22ClN3O5S. The summed E-state index contributed by atoms with van der Waals surface area (Å²) in [6.45, 7) is 4.63. The number of aryl methyl sites for hydroxylation is 2. The highest BCUT2D eigenvalue weighted by Gasteiger charge is 2.30. The van der Waals surface area contributed by atoms with E-state index in [4.69, 9.17) is 16.3 Å². The van der Waals surface area contributed by atoms with Crippen molar-refractivity contribution in [3.63, 3.8) is 0 Å². The Bertz CT molecular complexity index is 1130. The Hall–Kier alpha value is -2.62. The number of carbonyl (C=O) groups excluding carboxylic acids is 2. The van der Waals surface area contributed by atoms with Gasteiger partial charge in [0, 0.05) is 23.8 Å². The molecule has 2 amide bonds. The summed E-state index contributed by atoms with van der Waals surface area (Å²) in [5.74, 6) is -0.547. The minimum Gasteiger partial charge on any atom is -0.479 e. The molecule has 10 heteroatoms. The third-order valence-electron chi connectivity index (χ3n) is 4.72. The van der Waals surface area contributed by atoms with Crippen LogP contribution < -0.4 is 15.4 Å². The summed E-state index contributed by atoms with van der Waals surface area (Å²) in [5.41, 5.74) is 2.17. The van der Waals surface area contributed by atoms with Crippen LogP contribution in [0.5, 0.6) is 5.75 Å². The van der Waals surface area contributed by atoms with Gasteiger partial charge in [0.1, 0.15) is 5.75 Å². The minimum atomic E-state index is -3.98. The van der Waals surface area contributed by atoms with Crippen LogP contribution in [0.3, 0.4) is 0 Å². The number of likely N-dealkylation sites (N-methyl/N-ethyl adjacent to an activating group) is 1. The number of benzene rings is 2. The van der Waals surface area contributed by atoms with Crippen molar-refractivity contribution in [3.8, 4) is 5.75 Å².